The molecule has 0 aromatic heterocycles. The Labute approximate surface area is 184 Å². The molecule has 1 N–H and O–H groups in total. The van der Waals surface area contributed by atoms with E-state index in [1.54, 1.807) is 6.08 Å². The molecule has 1 atom stereocenters. The molecule has 156 valence electrons. The van der Waals surface area contributed by atoms with E-state index in [4.69, 9.17) is 11.6 Å². The number of benzene rings is 2. The number of carbonyl (C=O) groups is 1. The summed E-state index contributed by atoms with van der Waals surface area (Å²) in [5, 5.41) is 13.0. The maximum absolute atomic E-state index is 12.8. The van der Waals surface area contributed by atoms with Gasteiger partial charge in [0, 0.05) is 29.0 Å². The van der Waals surface area contributed by atoms with Gasteiger partial charge in [0.05, 0.1) is 0 Å². The van der Waals surface area contributed by atoms with E-state index in [1.165, 1.54) is 5.56 Å². The molecule has 0 radical (unpaired) electrons. The van der Waals surface area contributed by atoms with E-state index in [0.717, 1.165) is 29.8 Å². The van der Waals surface area contributed by atoms with Gasteiger partial charge in [-0.1, -0.05) is 43.6 Å². The van der Waals surface area contributed by atoms with Crippen LogP contribution in [0.1, 0.15) is 56.7 Å². The van der Waals surface area contributed by atoms with Gasteiger partial charge in [-0.25, -0.2) is 0 Å². The van der Waals surface area contributed by atoms with Gasteiger partial charge in [0.2, 0.25) is 0 Å². The molecule has 1 amide bonds. The predicted octanol–water partition coefficient (Wildman–Crippen LogP) is 6.17. The molecular weight excluding hydrogens is 394 g/mol. The van der Waals surface area contributed by atoms with Gasteiger partial charge < -0.3 is 10.2 Å². The zero-order chi connectivity index (χ0) is 22.1. The summed E-state index contributed by atoms with van der Waals surface area (Å²) in [6.45, 7) is 8.67. The fourth-order valence-electron chi connectivity index (χ4n) is 4.16. The molecule has 1 aliphatic rings. The molecule has 1 aliphatic heterocycles. The van der Waals surface area contributed by atoms with Crippen molar-refractivity contribution < 1.29 is 4.79 Å². The maximum atomic E-state index is 12.8. The van der Waals surface area contributed by atoms with Crippen LogP contribution in [0.5, 0.6) is 0 Å². The van der Waals surface area contributed by atoms with Gasteiger partial charge in [0.1, 0.15) is 11.6 Å². The molecule has 0 saturated heterocycles. The first-order valence-electron chi connectivity index (χ1n) is 10.3. The van der Waals surface area contributed by atoms with E-state index in [2.05, 4.69) is 38.0 Å². The number of hydrogen-bond acceptors (Lipinski definition) is 3. The molecule has 0 fully saturated rings. The molecule has 1 heterocycles. The number of nitriles is 1. The summed E-state index contributed by atoms with van der Waals surface area (Å²) in [7, 11) is 2.08. The van der Waals surface area contributed by atoms with Crippen molar-refractivity contribution >= 4 is 35.0 Å². The summed E-state index contributed by atoms with van der Waals surface area (Å²) in [6, 6.07) is 13.6. The van der Waals surface area contributed by atoms with Crippen LogP contribution in [0, 0.1) is 11.3 Å². The number of anilines is 2. The topological polar surface area (TPSA) is 56.1 Å². The molecule has 3 rings (SSSR count). The highest BCUT2D eigenvalue weighted by molar-refractivity contribution is 6.32. The van der Waals surface area contributed by atoms with Gasteiger partial charge >= 0.3 is 0 Å². The lowest BCUT2D eigenvalue weighted by Gasteiger charge is -2.45. The summed E-state index contributed by atoms with van der Waals surface area (Å²) in [6.07, 6.45) is 3.39. The van der Waals surface area contributed by atoms with Gasteiger partial charge in [0.25, 0.3) is 5.91 Å². The number of aryl methyl sites for hydroxylation is 1. The van der Waals surface area contributed by atoms with Crippen LogP contribution in [0.15, 0.2) is 42.0 Å². The zero-order valence-corrected chi connectivity index (χ0v) is 19.0. The van der Waals surface area contributed by atoms with Crippen LogP contribution in [-0.4, -0.2) is 18.5 Å². The first-order chi connectivity index (χ1) is 14.2. The van der Waals surface area contributed by atoms with Gasteiger partial charge in [-0.05, 0) is 73.6 Å². The Kier molecular flexibility index (Phi) is 6.24. The molecule has 0 bridgehead atoms. The van der Waals surface area contributed by atoms with Crippen LogP contribution in [0.2, 0.25) is 5.02 Å². The minimum atomic E-state index is -0.432. The van der Waals surface area contributed by atoms with Gasteiger partial charge in [0.15, 0.2) is 0 Å². The number of fused-ring (bicyclic) bond motifs is 1. The highest BCUT2D eigenvalue weighted by Crippen LogP contribution is 2.44. The van der Waals surface area contributed by atoms with Crippen molar-refractivity contribution in [2.75, 3.05) is 17.3 Å². The standard InChI is InChI=1S/C25H28ClN3O/c1-6-17-9-7-8-10-22(17)28-24(30)19(15-27)11-18-12-20-16(2)14-25(3,4)29(5)23(20)13-21(18)26/h7-13,16H,6,14H2,1-5H3,(H,28,30)/b19-11-. The van der Waals surface area contributed by atoms with E-state index >= 15 is 0 Å². The molecule has 0 aliphatic carbocycles. The second-order valence-corrected chi connectivity index (χ2v) is 8.95. The molecule has 4 nitrogen and oxygen atoms in total. The van der Waals surface area contributed by atoms with E-state index in [0.29, 0.717) is 16.5 Å². The Morgan fingerprint density at radius 3 is 2.73 bits per heavy atom. The lowest BCUT2D eigenvalue weighted by Crippen LogP contribution is -2.45. The third-order valence-corrected chi connectivity index (χ3v) is 6.39. The first-order valence-corrected chi connectivity index (χ1v) is 10.6. The average molecular weight is 422 g/mol. The summed E-state index contributed by atoms with van der Waals surface area (Å²) in [5.74, 6) is -0.0788. The second kappa shape index (κ2) is 8.53. The van der Waals surface area contributed by atoms with Crippen molar-refractivity contribution in [2.24, 2.45) is 0 Å². The molecule has 2 aromatic rings. The third-order valence-electron chi connectivity index (χ3n) is 6.06. The number of nitrogens with one attached hydrogen (secondary N) is 1. The van der Waals surface area contributed by atoms with Gasteiger partial charge in [-0.15, -0.1) is 0 Å². The normalized spacial score (nSPS) is 17.8. The Morgan fingerprint density at radius 2 is 2.07 bits per heavy atom. The number of carbonyl (C=O) groups excluding carboxylic acids is 1. The van der Waals surface area contributed by atoms with Crippen LogP contribution in [0.4, 0.5) is 11.4 Å². The minimum Gasteiger partial charge on any atom is -0.369 e. The lowest BCUT2D eigenvalue weighted by molar-refractivity contribution is -0.112. The number of halogens is 1. The number of hydrogen-bond donors (Lipinski definition) is 1. The molecule has 1 unspecified atom stereocenters. The number of rotatable bonds is 4. The molecule has 0 saturated carbocycles. The van der Waals surface area contributed by atoms with Crippen LogP contribution in [0.3, 0.4) is 0 Å². The maximum Gasteiger partial charge on any atom is 0.266 e. The quantitative estimate of drug-likeness (QED) is 0.474. The molecule has 5 heteroatoms. The largest absolute Gasteiger partial charge is 0.369 e. The Hall–Kier alpha value is -2.77. The Bertz CT molecular complexity index is 1050. The lowest BCUT2D eigenvalue weighted by atomic mass is 9.80. The monoisotopic (exact) mass is 421 g/mol. The molecule has 30 heavy (non-hydrogen) atoms. The Morgan fingerprint density at radius 1 is 1.37 bits per heavy atom. The van der Waals surface area contributed by atoms with Crippen LogP contribution >= 0.6 is 11.6 Å². The van der Waals surface area contributed by atoms with Gasteiger partial charge in [-0.3, -0.25) is 4.79 Å². The summed E-state index contributed by atoms with van der Waals surface area (Å²) in [4.78, 5) is 15.0. The number of para-hydroxylation sites is 1. The summed E-state index contributed by atoms with van der Waals surface area (Å²) in [5.41, 5.74) is 4.78. The first kappa shape index (κ1) is 21.9. The second-order valence-electron chi connectivity index (χ2n) is 8.54. The summed E-state index contributed by atoms with van der Waals surface area (Å²) < 4.78 is 0. The predicted molar refractivity (Wildman–Crippen MR) is 125 cm³/mol. The van der Waals surface area contributed by atoms with Crippen LogP contribution in [-0.2, 0) is 11.2 Å². The van der Waals surface area contributed by atoms with Crippen molar-refractivity contribution in [1.82, 2.24) is 0 Å². The van der Waals surface area contributed by atoms with Crippen LogP contribution < -0.4 is 10.2 Å². The Balaban J connectivity index is 1.96. The zero-order valence-electron chi connectivity index (χ0n) is 18.2. The van der Waals surface area contributed by atoms with E-state index in [-0.39, 0.29) is 11.1 Å². The molecular formula is C25H28ClN3O. The fourth-order valence-corrected chi connectivity index (χ4v) is 4.37. The van der Waals surface area contributed by atoms with Crippen molar-refractivity contribution in [3.8, 4) is 6.07 Å². The van der Waals surface area contributed by atoms with Crippen molar-refractivity contribution in [2.45, 2.75) is 52.0 Å². The van der Waals surface area contributed by atoms with E-state index in [9.17, 15) is 10.1 Å². The SMILES string of the molecule is CCc1ccccc1NC(=O)/C(C#N)=C\c1cc2c(cc1Cl)N(C)C(C)(C)CC2C. The average Bonchev–Trinajstić information content (AvgIpc) is 2.71. The van der Waals surface area contributed by atoms with Crippen molar-refractivity contribution in [3.63, 3.8) is 0 Å². The number of amides is 1. The minimum absolute atomic E-state index is 0.0277. The fraction of sp³-hybridized carbons (Fsp3) is 0.360. The highest BCUT2D eigenvalue weighted by Gasteiger charge is 2.34. The van der Waals surface area contributed by atoms with E-state index in [1.807, 2.05) is 49.4 Å². The highest BCUT2D eigenvalue weighted by atomic mass is 35.5. The third kappa shape index (κ3) is 4.22. The number of nitrogens with zero attached hydrogens (tertiary/aromatic N) is 2. The smallest absolute Gasteiger partial charge is 0.266 e. The summed E-state index contributed by atoms with van der Waals surface area (Å²) >= 11 is 6.57. The molecule has 2 aromatic carbocycles. The van der Waals surface area contributed by atoms with Crippen molar-refractivity contribution in [1.29, 1.82) is 5.26 Å². The van der Waals surface area contributed by atoms with Gasteiger partial charge in [-0.2, -0.15) is 5.26 Å². The van der Waals surface area contributed by atoms with Crippen molar-refractivity contribution in [3.05, 3.63) is 63.7 Å². The van der Waals surface area contributed by atoms with Crippen LogP contribution in [0.25, 0.3) is 6.08 Å². The van der Waals surface area contributed by atoms with E-state index < -0.39 is 5.91 Å². The molecule has 0 spiro atoms.